The van der Waals surface area contributed by atoms with Crippen LogP contribution in [-0.2, 0) is 0 Å². The zero-order chi connectivity index (χ0) is 19.5. The van der Waals surface area contributed by atoms with Crippen LogP contribution in [0, 0.1) is 6.92 Å². The number of nitrogen functional groups attached to an aromatic ring is 1. The van der Waals surface area contributed by atoms with Crippen LogP contribution in [0.15, 0.2) is 52.4 Å². The van der Waals surface area contributed by atoms with Crippen molar-refractivity contribution in [3.05, 3.63) is 48.2 Å². The smallest absolute Gasteiger partial charge is 0.152 e. The highest BCUT2D eigenvalue weighted by Crippen LogP contribution is 2.32. The molecule has 1 aliphatic heterocycles. The molecule has 28 heavy (non-hydrogen) atoms. The summed E-state index contributed by atoms with van der Waals surface area (Å²) < 4.78 is 0. The standard InChI is InChI=1S/C20H25N7S/c1-14-11-18(25-24-14)22-16-12-19(27-9-7-26(2)8-10-27)23-20(13-16)28-17-5-3-15(21)4-6-17/h3-6,11-13H,7-10,21H2,1-2H3,(H2,22,23,24,25). The second kappa shape index (κ2) is 8.12. The molecule has 146 valence electrons. The van der Waals surface area contributed by atoms with Gasteiger partial charge in [-0.2, -0.15) is 5.10 Å². The maximum absolute atomic E-state index is 5.81. The maximum atomic E-state index is 5.81. The van der Waals surface area contributed by atoms with Gasteiger partial charge in [-0.3, -0.25) is 5.10 Å². The van der Waals surface area contributed by atoms with Crippen LogP contribution >= 0.6 is 11.8 Å². The van der Waals surface area contributed by atoms with Crippen LogP contribution in [0.25, 0.3) is 0 Å². The average molecular weight is 396 g/mol. The van der Waals surface area contributed by atoms with Crippen LogP contribution in [0.1, 0.15) is 5.69 Å². The predicted molar refractivity (Wildman–Crippen MR) is 116 cm³/mol. The van der Waals surface area contributed by atoms with E-state index in [1.165, 1.54) is 0 Å². The molecule has 2 aromatic heterocycles. The fourth-order valence-corrected chi connectivity index (χ4v) is 3.94. The third kappa shape index (κ3) is 4.58. The van der Waals surface area contributed by atoms with E-state index >= 15 is 0 Å². The Morgan fingerprint density at radius 2 is 1.82 bits per heavy atom. The Bertz CT molecular complexity index is 930. The van der Waals surface area contributed by atoms with E-state index in [9.17, 15) is 0 Å². The number of nitrogens with two attached hydrogens (primary N) is 1. The third-order valence-corrected chi connectivity index (χ3v) is 5.62. The molecule has 0 amide bonds. The van der Waals surface area contributed by atoms with E-state index in [2.05, 4.69) is 44.5 Å². The van der Waals surface area contributed by atoms with E-state index < -0.39 is 0 Å². The van der Waals surface area contributed by atoms with Gasteiger partial charge in [0.25, 0.3) is 0 Å². The lowest BCUT2D eigenvalue weighted by Crippen LogP contribution is -2.44. The Kier molecular flexibility index (Phi) is 5.40. The fraction of sp³-hybridized carbons (Fsp3) is 0.300. The minimum Gasteiger partial charge on any atom is -0.399 e. The van der Waals surface area contributed by atoms with E-state index in [0.29, 0.717) is 0 Å². The van der Waals surface area contributed by atoms with Crippen LogP contribution in [0.4, 0.5) is 23.0 Å². The van der Waals surface area contributed by atoms with E-state index in [1.807, 2.05) is 37.3 Å². The molecular weight excluding hydrogens is 370 g/mol. The van der Waals surface area contributed by atoms with E-state index in [1.54, 1.807) is 11.8 Å². The lowest BCUT2D eigenvalue weighted by Gasteiger charge is -2.33. The monoisotopic (exact) mass is 395 g/mol. The molecule has 1 aromatic carbocycles. The molecule has 0 aliphatic carbocycles. The number of aryl methyl sites for hydroxylation is 1. The summed E-state index contributed by atoms with van der Waals surface area (Å²) in [5.74, 6) is 1.79. The molecule has 0 radical (unpaired) electrons. The number of nitrogens with one attached hydrogen (secondary N) is 2. The van der Waals surface area contributed by atoms with Gasteiger partial charge < -0.3 is 20.9 Å². The molecule has 0 spiro atoms. The minimum absolute atomic E-state index is 0.764. The number of likely N-dealkylation sites (N-methyl/N-ethyl adjacent to an activating group) is 1. The lowest BCUT2D eigenvalue weighted by molar-refractivity contribution is 0.312. The van der Waals surface area contributed by atoms with Crippen LogP contribution < -0.4 is 16.0 Å². The lowest BCUT2D eigenvalue weighted by atomic mass is 10.3. The van der Waals surface area contributed by atoms with Gasteiger partial charge in [-0.15, -0.1) is 0 Å². The van der Waals surface area contributed by atoms with Gasteiger partial charge in [0.1, 0.15) is 10.8 Å². The second-order valence-electron chi connectivity index (χ2n) is 7.07. The number of aromatic amines is 1. The summed E-state index contributed by atoms with van der Waals surface area (Å²) in [5, 5.41) is 11.6. The Balaban J connectivity index is 1.62. The molecular formula is C20H25N7S. The number of nitrogens with zero attached hydrogens (tertiary/aromatic N) is 4. The molecule has 4 N–H and O–H groups in total. The van der Waals surface area contributed by atoms with Crippen LogP contribution in [0.3, 0.4) is 0 Å². The summed E-state index contributed by atoms with van der Waals surface area (Å²) in [7, 11) is 2.16. The highest BCUT2D eigenvalue weighted by atomic mass is 32.2. The van der Waals surface area contributed by atoms with Gasteiger partial charge >= 0.3 is 0 Å². The highest BCUT2D eigenvalue weighted by Gasteiger charge is 2.17. The van der Waals surface area contributed by atoms with Crippen molar-refractivity contribution < 1.29 is 0 Å². The summed E-state index contributed by atoms with van der Waals surface area (Å²) in [5.41, 5.74) is 8.57. The number of aromatic nitrogens is 3. The fourth-order valence-electron chi connectivity index (χ4n) is 3.10. The SMILES string of the molecule is Cc1cc(Nc2cc(Sc3ccc(N)cc3)nc(N3CCN(C)CC3)c2)n[nH]1. The summed E-state index contributed by atoms with van der Waals surface area (Å²) in [6, 6.07) is 14.0. The van der Waals surface area contributed by atoms with Gasteiger partial charge in [0.05, 0.1) is 0 Å². The maximum Gasteiger partial charge on any atom is 0.152 e. The van der Waals surface area contributed by atoms with Crippen LogP contribution in [-0.4, -0.2) is 53.3 Å². The molecule has 0 unspecified atom stereocenters. The number of anilines is 4. The van der Waals surface area contributed by atoms with Crippen molar-refractivity contribution in [2.24, 2.45) is 0 Å². The normalized spacial score (nSPS) is 15.0. The quantitative estimate of drug-likeness (QED) is 0.571. The third-order valence-electron chi connectivity index (χ3n) is 4.70. The molecule has 1 fully saturated rings. The number of pyridine rings is 1. The molecule has 3 aromatic rings. The van der Waals surface area contributed by atoms with Crippen molar-refractivity contribution in [1.29, 1.82) is 0 Å². The minimum atomic E-state index is 0.764. The van der Waals surface area contributed by atoms with Crippen molar-refractivity contribution in [3.63, 3.8) is 0 Å². The average Bonchev–Trinajstić information content (AvgIpc) is 3.09. The van der Waals surface area contributed by atoms with Crippen LogP contribution in [0.5, 0.6) is 0 Å². The van der Waals surface area contributed by atoms with Crippen molar-refractivity contribution in [2.45, 2.75) is 16.8 Å². The molecule has 0 saturated carbocycles. The van der Waals surface area contributed by atoms with Crippen molar-refractivity contribution >= 4 is 34.8 Å². The van der Waals surface area contributed by atoms with Gasteiger partial charge in [0.2, 0.25) is 0 Å². The summed E-state index contributed by atoms with van der Waals surface area (Å²) in [4.78, 5) is 10.7. The van der Waals surface area contributed by atoms with E-state index in [0.717, 1.165) is 64.8 Å². The number of hydrogen-bond donors (Lipinski definition) is 3. The molecule has 0 bridgehead atoms. The Hall–Kier alpha value is -2.71. The zero-order valence-electron chi connectivity index (χ0n) is 16.1. The molecule has 3 heterocycles. The first-order valence-electron chi connectivity index (χ1n) is 9.33. The Morgan fingerprint density at radius 3 is 2.50 bits per heavy atom. The van der Waals surface area contributed by atoms with Crippen molar-refractivity contribution in [2.75, 3.05) is 49.2 Å². The summed E-state index contributed by atoms with van der Waals surface area (Å²) in [6.07, 6.45) is 0. The van der Waals surface area contributed by atoms with Crippen molar-refractivity contribution in [1.82, 2.24) is 20.1 Å². The largest absolute Gasteiger partial charge is 0.399 e. The molecule has 8 heteroatoms. The van der Waals surface area contributed by atoms with Crippen LogP contribution in [0.2, 0.25) is 0 Å². The summed E-state index contributed by atoms with van der Waals surface area (Å²) in [6.45, 7) is 6.01. The number of benzene rings is 1. The molecule has 7 nitrogen and oxygen atoms in total. The van der Waals surface area contributed by atoms with E-state index in [4.69, 9.17) is 10.7 Å². The first-order valence-corrected chi connectivity index (χ1v) is 10.1. The highest BCUT2D eigenvalue weighted by molar-refractivity contribution is 7.99. The molecule has 1 aliphatic rings. The van der Waals surface area contributed by atoms with Crippen molar-refractivity contribution in [3.8, 4) is 0 Å². The van der Waals surface area contributed by atoms with Gasteiger partial charge in [0.15, 0.2) is 5.82 Å². The number of piperazine rings is 1. The molecule has 4 rings (SSSR count). The first-order chi connectivity index (χ1) is 13.5. The number of rotatable bonds is 5. The van der Waals surface area contributed by atoms with Gasteiger partial charge in [0, 0.05) is 60.3 Å². The Labute approximate surface area is 169 Å². The van der Waals surface area contributed by atoms with Gasteiger partial charge in [-0.25, -0.2) is 4.98 Å². The number of H-pyrrole nitrogens is 1. The zero-order valence-corrected chi connectivity index (χ0v) is 17.0. The predicted octanol–water partition coefficient (Wildman–Crippen LogP) is 3.34. The first kappa shape index (κ1) is 18.6. The van der Waals surface area contributed by atoms with E-state index in [-0.39, 0.29) is 0 Å². The topological polar surface area (TPSA) is 86.1 Å². The summed E-state index contributed by atoms with van der Waals surface area (Å²) >= 11 is 1.63. The molecule has 0 atom stereocenters. The number of hydrogen-bond acceptors (Lipinski definition) is 7. The molecule has 1 saturated heterocycles. The second-order valence-corrected chi connectivity index (χ2v) is 8.17. The Morgan fingerprint density at radius 1 is 1.07 bits per heavy atom. The van der Waals surface area contributed by atoms with Gasteiger partial charge in [-0.05, 0) is 44.3 Å². The van der Waals surface area contributed by atoms with Gasteiger partial charge in [-0.1, -0.05) is 11.8 Å².